The van der Waals surface area contributed by atoms with E-state index in [1.54, 1.807) is 22.7 Å². The first-order valence-corrected chi connectivity index (χ1v) is 9.15. The first kappa shape index (κ1) is 15.7. The first-order chi connectivity index (χ1) is 10.6. The largest absolute Gasteiger partial charge is 0.352 e. The molecule has 6 heteroatoms. The molecule has 0 bridgehead atoms. The van der Waals surface area contributed by atoms with Crippen molar-refractivity contribution < 1.29 is 9.59 Å². The van der Waals surface area contributed by atoms with E-state index in [4.69, 9.17) is 11.6 Å². The van der Waals surface area contributed by atoms with Crippen LogP contribution in [0.1, 0.15) is 36.0 Å². The van der Waals surface area contributed by atoms with Gasteiger partial charge in [-0.15, -0.1) is 11.8 Å². The topological polar surface area (TPSA) is 49.4 Å². The summed E-state index contributed by atoms with van der Waals surface area (Å²) < 4.78 is 0. The van der Waals surface area contributed by atoms with Crippen LogP contribution >= 0.6 is 23.4 Å². The van der Waals surface area contributed by atoms with Crippen LogP contribution in [0.15, 0.2) is 23.1 Å². The quantitative estimate of drug-likeness (QED) is 0.859. The van der Waals surface area contributed by atoms with E-state index in [0.29, 0.717) is 23.2 Å². The molecule has 1 saturated carbocycles. The summed E-state index contributed by atoms with van der Waals surface area (Å²) in [7, 11) is 0. The van der Waals surface area contributed by atoms with E-state index in [0.717, 1.165) is 30.6 Å². The molecule has 118 valence electrons. The molecule has 1 aromatic carbocycles. The average molecular weight is 339 g/mol. The van der Waals surface area contributed by atoms with E-state index in [-0.39, 0.29) is 17.9 Å². The Bertz CT molecular complexity index is 604. The fraction of sp³-hybridized carbons (Fsp3) is 0.500. The Labute approximate surface area is 139 Å². The molecule has 1 N–H and O–H groups in total. The van der Waals surface area contributed by atoms with Gasteiger partial charge in [0, 0.05) is 17.5 Å². The summed E-state index contributed by atoms with van der Waals surface area (Å²) in [5.41, 5.74) is 0.486. The van der Waals surface area contributed by atoms with Gasteiger partial charge in [0.1, 0.15) is 6.04 Å². The number of carbonyl (C=O) groups is 2. The van der Waals surface area contributed by atoms with Crippen molar-refractivity contribution in [2.45, 2.75) is 42.7 Å². The molecule has 1 saturated heterocycles. The van der Waals surface area contributed by atoms with E-state index < -0.39 is 0 Å². The minimum Gasteiger partial charge on any atom is -0.352 e. The summed E-state index contributed by atoms with van der Waals surface area (Å²) in [5, 5.41) is 3.44. The van der Waals surface area contributed by atoms with Crippen LogP contribution in [0.3, 0.4) is 0 Å². The number of carbonyl (C=O) groups excluding carboxylic acids is 2. The molecule has 4 nitrogen and oxygen atoms in total. The molecule has 0 unspecified atom stereocenters. The summed E-state index contributed by atoms with van der Waals surface area (Å²) in [6.07, 6.45) is 5.64. The maximum Gasteiger partial charge on any atom is 0.256 e. The molecule has 2 fully saturated rings. The smallest absolute Gasteiger partial charge is 0.256 e. The van der Waals surface area contributed by atoms with E-state index in [1.165, 1.54) is 0 Å². The van der Waals surface area contributed by atoms with Crippen LogP contribution < -0.4 is 5.32 Å². The zero-order valence-corrected chi connectivity index (χ0v) is 14.0. The highest BCUT2D eigenvalue weighted by Crippen LogP contribution is 2.28. The molecule has 1 aliphatic carbocycles. The number of likely N-dealkylation sites (tertiary alicyclic amines) is 1. The molecule has 2 amide bonds. The molecule has 0 aromatic heterocycles. The maximum atomic E-state index is 12.8. The molecule has 22 heavy (non-hydrogen) atoms. The Morgan fingerprint density at radius 2 is 2.09 bits per heavy atom. The van der Waals surface area contributed by atoms with Crippen molar-refractivity contribution in [1.29, 1.82) is 0 Å². The van der Waals surface area contributed by atoms with Gasteiger partial charge in [-0.3, -0.25) is 9.59 Å². The van der Waals surface area contributed by atoms with Gasteiger partial charge in [0.15, 0.2) is 0 Å². The van der Waals surface area contributed by atoms with E-state index in [1.807, 2.05) is 18.4 Å². The van der Waals surface area contributed by atoms with Crippen molar-refractivity contribution in [3.05, 3.63) is 28.8 Å². The Hall–Kier alpha value is -1.20. The molecular formula is C16H19ClN2O2S. The second-order valence-electron chi connectivity index (χ2n) is 5.79. The number of hydrogen-bond acceptors (Lipinski definition) is 3. The third-order valence-electron chi connectivity index (χ3n) is 4.14. The summed E-state index contributed by atoms with van der Waals surface area (Å²) >= 11 is 7.76. The van der Waals surface area contributed by atoms with Crippen LogP contribution in [0, 0.1) is 0 Å². The number of nitrogens with zero attached hydrogens (tertiary/aromatic N) is 1. The molecule has 2 aliphatic rings. The lowest BCUT2D eigenvalue weighted by atomic mass is 10.1. The van der Waals surface area contributed by atoms with Gasteiger partial charge >= 0.3 is 0 Å². The molecule has 3 rings (SSSR count). The van der Waals surface area contributed by atoms with Crippen LogP contribution in [0.5, 0.6) is 0 Å². The number of hydrogen-bond donors (Lipinski definition) is 1. The summed E-state index contributed by atoms with van der Waals surface area (Å²) in [4.78, 5) is 27.8. The van der Waals surface area contributed by atoms with Crippen molar-refractivity contribution in [2.75, 3.05) is 12.8 Å². The number of thioether (sulfide) groups is 1. The summed E-state index contributed by atoms with van der Waals surface area (Å²) in [5.74, 6) is -0.167. The number of rotatable bonds is 4. The monoisotopic (exact) mass is 338 g/mol. The average Bonchev–Trinajstić information content (AvgIpc) is 3.19. The lowest BCUT2D eigenvalue weighted by Gasteiger charge is -2.24. The van der Waals surface area contributed by atoms with Gasteiger partial charge in [-0.2, -0.15) is 0 Å². The van der Waals surface area contributed by atoms with Crippen LogP contribution in [0.2, 0.25) is 5.02 Å². The number of benzene rings is 1. The SMILES string of the molecule is CSc1ccc(Cl)c(C(=O)N2CCC[C@@H]2C(=O)NC2CC2)c1. The number of halogens is 1. The van der Waals surface area contributed by atoms with Crippen molar-refractivity contribution in [3.63, 3.8) is 0 Å². The van der Waals surface area contributed by atoms with Gasteiger partial charge in [-0.1, -0.05) is 11.6 Å². The molecule has 1 aromatic rings. The minimum atomic E-state index is -0.359. The second-order valence-corrected chi connectivity index (χ2v) is 7.07. The highest BCUT2D eigenvalue weighted by atomic mass is 35.5. The fourth-order valence-electron chi connectivity index (χ4n) is 2.76. The molecule has 0 spiro atoms. The van der Waals surface area contributed by atoms with E-state index >= 15 is 0 Å². The van der Waals surface area contributed by atoms with Gasteiger partial charge < -0.3 is 10.2 Å². The maximum absolute atomic E-state index is 12.8. The fourth-order valence-corrected chi connectivity index (χ4v) is 3.40. The van der Waals surface area contributed by atoms with Crippen molar-refractivity contribution >= 4 is 35.2 Å². The van der Waals surface area contributed by atoms with Gasteiger partial charge in [-0.25, -0.2) is 0 Å². The third kappa shape index (κ3) is 3.25. The summed E-state index contributed by atoms with van der Waals surface area (Å²) in [6, 6.07) is 5.40. The molecular weight excluding hydrogens is 320 g/mol. The first-order valence-electron chi connectivity index (χ1n) is 7.55. The van der Waals surface area contributed by atoms with Crippen molar-refractivity contribution in [3.8, 4) is 0 Å². The normalized spacial score (nSPS) is 21.0. The zero-order chi connectivity index (χ0) is 15.7. The lowest BCUT2D eigenvalue weighted by molar-refractivity contribution is -0.125. The Kier molecular flexibility index (Phi) is 4.64. The number of amides is 2. The van der Waals surface area contributed by atoms with Crippen molar-refractivity contribution in [2.24, 2.45) is 0 Å². The van der Waals surface area contributed by atoms with Gasteiger partial charge in [-0.05, 0) is 50.1 Å². The van der Waals surface area contributed by atoms with Crippen LogP contribution in [-0.2, 0) is 4.79 Å². The standard InChI is InChI=1S/C16H19ClN2O2S/c1-22-11-6-7-13(17)12(9-11)16(21)19-8-2-3-14(19)15(20)18-10-4-5-10/h6-7,9-10,14H,2-5,8H2,1H3,(H,18,20)/t14-/m1/s1. The molecule has 1 aliphatic heterocycles. The minimum absolute atomic E-state index is 0.0227. The third-order valence-corrected chi connectivity index (χ3v) is 5.20. The van der Waals surface area contributed by atoms with Gasteiger partial charge in [0.2, 0.25) is 5.91 Å². The summed E-state index contributed by atoms with van der Waals surface area (Å²) in [6.45, 7) is 0.613. The van der Waals surface area contributed by atoms with Crippen LogP contribution in [-0.4, -0.2) is 41.6 Å². The number of nitrogens with one attached hydrogen (secondary N) is 1. The predicted molar refractivity (Wildman–Crippen MR) is 88.5 cm³/mol. The Morgan fingerprint density at radius 1 is 1.32 bits per heavy atom. The highest BCUT2D eigenvalue weighted by molar-refractivity contribution is 7.98. The van der Waals surface area contributed by atoms with E-state index in [9.17, 15) is 9.59 Å². The molecule has 1 atom stereocenters. The molecule has 1 heterocycles. The van der Waals surface area contributed by atoms with Crippen LogP contribution in [0.25, 0.3) is 0 Å². The van der Waals surface area contributed by atoms with Crippen LogP contribution in [0.4, 0.5) is 0 Å². The molecule has 0 radical (unpaired) electrons. The lowest BCUT2D eigenvalue weighted by Crippen LogP contribution is -2.46. The van der Waals surface area contributed by atoms with Gasteiger partial charge in [0.25, 0.3) is 5.91 Å². The van der Waals surface area contributed by atoms with E-state index in [2.05, 4.69) is 5.32 Å². The highest BCUT2D eigenvalue weighted by Gasteiger charge is 2.37. The Morgan fingerprint density at radius 3 is 2.77 bits per heavy atom. The Balaban J connectivity index is 1.79. The van der Waals surface area contributed by atoms with Gasteiger partial charge in [0.05, 0.1) is 10.6 Å². The zero-order valence-electron chi connectivity index (χ0n) is 12.5. The predicted octanol–water partition coefficient (Wildman–Crippen LogP) is 2.95. The van der Waals surface area contributed by atoms with Crippen molar-refractivity contribution in [1.82, 2.24) is 10.2 Å². The second kappa shape index (κ2) is 6.50.